The minimum Gasteiger partial charge on any atom is -0.399 e. The maximum absolute atomic E-state index is 5.73. The lowest BCUT2D eigenvalue weighted by Gasteiger charge is -2.28. The van der Waals surface area contributed by atoms with Gasteiger partial charge in [-0.05, 0) is 66.5 Å². The van der Waals surface area contributed by atoms with Crippen LogP contribution in [0.3, 0.4) is 0 Å². The van der Waals surface area contributed by atoms with E-state index >= 15 is 0 Å². The highest BCUT2D eigenvalue weighted by molar-refractivity contribution is 9.10. The van der Waals surface area contributed by atoms with Gasteiger partial charge in [0.05, 0.1) is 5.69 Å². The van der Waals surface area contributed by atoms with Gasteiger partial charge < -0.3 is 10.6 Å². The Bertz CT molecular complexity index is 579. The van der Waals surface area contributed by atoms with E-state index in [1.165, 1.54) is 5.56 Å². The third kappa shape index (κ3) is 3.51. The first-order valence-electron chi connectivity index (χ1n) is 6.71. The van der Waals surface area contributed by atoms with E-state index in [9.17, 15) is 0 Å². The van der Waals surface area contributed by atoms with Gasteiger partial charge in [-0.1, -0.05) is 12.1 Å². The molecule has 2 N–H and O–H groups in total. The van der Waals surface area contributed by atoms with Crippen LogP contribution in [0.4, 0.5) is 11.5 Å². The second kappa shape index (κ2) is 6.27. The van der Waals surface area contributed by atoms with E-state index in [2.05, 4.69) is 57.9 Å². The Balaban J connectivity index is 2.26. The Kier molecular flexibility index (Phi) is 4.65. The zero-order chi connectivity index (χ0) is 14.7. The molecule has 1 aromatic carbocycles. The number of hydrogen-bond acceptors (Lipinski definition) is 3. The molecule has 0 aliphatic heterocycles. The Morgan fingerprint density at radius 3 is 2.35 bits per heavy atom. The number of aryl methyl sites for hydroxylation is 1. The molecule has 1 heterocycles. The van der Waals surface area contributed by atoms with Gasteiger partial charge in [-0.25, -0.2) is 4.98 Å². The minimum absolute atomic E-state index is 0.376. The zero-order valence-electron chi connectivity index (χ0n) is 12.1. The molecule has 0 spiro atoms. The predicted molar refractivity (Wildman–Crippen MR) is 88.8 cm³/mol. The normalized spacial score (nSPS) is 10.8. The fourth-order valence-corrected chi connectivity index (χ4v) is 2.26. The number of pyridine rings is 1. The van der Waals surface area contributed by atoms with Crippen molar-refractivity contribution in [3.05, 3.63) is 52.1 Å². The average molecular weight is 334 g/mol. The van der Waals surface area contributed by atoms with Crippen molar-refractivity contribution in [2.24, 2.45) is 0 Å². The smallest absolute Gasteiger partial charge is 0.129 e. The highest BCUT2D eigenvalue weighted by Crippen LogP contribution is 2.22. The molecule has 0 unspecified atom stereocenters. The van der Waals surface area contributed by atoms with Crippen LogP contribution < -0.4 is 10.6 Å². The van der Waals surface area contributed by atoms with Crippen molar-refractivity contribution >= 4 is 27.4 Å². The number of aromatic nitrogens is 1. The number of benzene rings is 1. The summed E-state index contributed by atoms with van der Waals surface area (Å²) in [5, 5.41) is 0. The Morgan fingerprint density at radius 1 is 1.15 bits per heavy atom. The maximum Gasteiger partial charge on any atom is 0.129 e. The molecule has 20 heavy (non-hydrogen) atoms. The van der Waals surface area contributed by atoms with Gasteiger partial charge in [0.15, 0.2) is 0 Å². The van der Waals surface area contributed by atoms with Gasteiger partial charge in [0.25, 0.3) is 0 Å². The monoisotopic (exact) mass is 333 g/mol. The van der Waals surface area contributed by atoms with Gasteiger partial charge in [0.2, 0.25) is 0 Å². The number of nitrogens with two attached hydrogens (primary N) is 1. The molecular weight excluding hydrogens is 314 g/mol. The third-order valence-electron chi connectivity index (χ3n) is 3.26. The maximum atomic E-state index is 5.73. The van der Waals surface area contributed by atoms with E-state index < -0.39 is 0 Å². The van der Waals surface area contributed by atoms with Crippen molar-refractivity contribution in [1.82, 2.24) is 4.98 Å². The molecule has 0 atom stereocenters. The fourth-order valence-electron chi connectivity index (χ4n) is 2.04. The van der Waals surface area contributed by atoms with Gasteiger partial charge in [0, 0.05) is 22.7 Å². The molecule has 0 radical (unpaired) electrons. The van der Waals surface area contributed by atoms with Crippen molar-refractivity contribution in [2.45, 2.75) is 33.4 Å². The van der Waals surface area contributed by atoms with E-state index in [1.54, 1.807) is 0 Å². The molecular formula is C16H20BrN3. The van der Waals surface area contributed by atoms with Crippen LogP contribution in [0.25, 0.3) is 0 Å². The number of anilines is 2. The first-order chi connectivity index (χ1) is 9.47. The lowest BCUT2D eigenvalue weighted by atomic mass is 10.1. The SMILES string of the molecule is Cc1nc(N(Cc2ccc(N)cc2)C(C)C)ccc1Br. The van der Waals surface area contributed by atoms with Crippen molar-refractivity contribution < 1.29 is 0 Å². The van der Waals surface area contributed by atoms with E-state index in [4.69, 9.17) is 5.73 Å². The summed E-state index contributed by atoms with van der Waals surface area (Å²) in [7, 11) is 0. The van der Waals surface area contributed by atoms with E-state index in [-0.39, 0.29) is 0 Å². The second-order valence-electron chi connectivity index (χ2n) is 5.20. The summed E-state index contributed by atoms with van der Waals surface area (Å²) in [6, 6.07) is 12.5. The van der Waals surface area contributed by atoms with Crippen molar-refractivity contribution in [1.29, 1.82) is 0 Å². The van der Waals surface area contributed by atoms with Gasteiger partial charge in [-0.3, -0.25) is 0 Å². The van der Waals surface area contributed by atoms with Crippen LogP contribution in [-0.2, 0) is 6.54 Å². The first kappa shape index (κ1) is 14.9. The summed E-state index contributed by atoms with van der Waals surface area (Å²) in [4.78, 5) is 6.95. The number of nitrogens with zero attached hydrogens (tertiary/aromatic N) is 2. The van der Waals surface area contributed by atoms with Crippen LogP contribution in [0.15, 0.2) is 40.9 Å². The largest absolute Gasteiger partial charge is 0.399 e. The lowest BCUT2D eigenvalue weighted by molar-refractivity contribution is 0.671. The highest BCUT2D eigenvalue weighted by Gasteiger charge is 2.13. The number of nitrogen functional groups attached to an aromatic ring is 1. The van der Waals surface area contributed by atoms with E-state index in [0.29, 0.717) is 6.04 Å². The summed E-state index contributed by atoms with van der Waals surface area (Å²) in [5.41, 5.74) is 8.76. The van der Waals surface area contributed by atoms with Crippen LogP contribution in [0.2, 0.25) is 0 Å². The number of hydrogen-bond donors (Lipinski definition) is 1. The summed E-state index contributed by atoms with van der Waals surface area (Å²) in [5.74, 6) is 0.998. The molecule has 4 heteroatoms. The van der Waals surface area contributed by atoms with Crippen LogP contribution in [0.5, 0.6) is 0 Å². The van der Waals surface area contributed by atoms with Gasteiger partial charge in [-0.15, -0.1) is 0 Å². The minimum atomic E-state index is 0.376. The molecule has 1 aromatic heterocycles. The first-order valence-corrected chi connectivity index (χ1v) is 7.51. The van der Waals surface area contributed by atoms with Gasteiger partial charge >= 0.3 is 0 Å². The van der Waals surface area contributed by atoms with Gasteiger partial charge in [0.1, 0.15) is 5.82 Å². The van der Waals surface area contributed by atoms with Crippen molar-refractivity contribution in [2.75, 3.05) is 10.6 Å². The Hall–Kier alpha value is -1.55. The zero-order valence-corrected chi connectivity index (χ0v) is 13.7. The summed E-state index contributed by atoms with van der Waals surface area (Å²) >= 11 is 3.50. The topological polar surface area (TPSA) is 42.2 Å². The molecule has 2 rings (SSSR count). The lowest BCUT2D eigenvalue weighted by Crippen LogP contribution is -2.31. The van der Waals surface area contributed by atoms with Crippen LogP contribution in [-0.4, -0.2) is 11.0 Å². The van der Waals surface area contributed by atoms with Crippen LogP contribution >= 0.6 is 15.9 Å². The fraction of sp³-hybridized carbons (Fsp3) is 0.312. The Morgan fingerprint density at radius 2 is 1.80 bits per heavy atom. The molecule has 3 nitrogen and oxygen atoms in total. The second-order valence-corrected chi connectivity index (χ2v) is 6.05. The number of rotatable bonds is 4. The molecule has 0 saturated heterocycles. The predicted octanol–water partition coefficient (Wildman–Crippen LogP) is 4.15. The molecule has 2 aromatic rings. The summed E-state index contributed by atoms with van der Waals surface area (Å²) in [6.07, 6.45) is 0. The van der Waals surface area contributed by atoms with Crippen molar-refractivity contribution in [3.63, 3.8) is 0 Å². The van der Waals surface area contributed by atoms with Crippen LogP contribution in [0, 0.1) is 6.92 Å². The molecule has 0 bridgehead atoms. The highest BCUT2D eigenvalue weighted by atomic mass is 79.9. The standard InChI is InChI=1S/C16H20BrN3/c1-11(2)20(10-13-4-6-14(18)7-5-13)16-9-8-15(17)12(3)19-16/h4-9,11H,10,18H2,1-3H3. The summed E-state index contributed by atoms with van der Waals surface area (Å²) in [6.45, 7) is 7.19. The molecule has 0 amide bonds. The third-order valence-corrected chi connectivity index (χ3v) is 4.10. The molecule has 106 valence electrons. The van der Waals surface area contributed by atoms with E-state index in [0.717, 1.165) is 28.2 Å². The average Bonchev–Trinajstić information content (AvgIpc) is 2.41. The van der Waals surface area contributed by atoms with E-state index in [1.807, 2.05) is 25.1 Å². The van der Waals surface area contributed by atoms with Crippen LogP contribution in [0.1, 0.15) is 25.1 Å². The quantitative estimate of drug-likeness (QED) is 0.854. The number of halogens is 1. The molecule has 0 saturated carbocycles. The molecule has 0 aliphatic carbocycles. The Labute approximate surface area is 129 Å². The molecule has 0 aliphatic rings. The van der Waals surface area contributed by atoms with Gasteiger partial charge in [-0.2, -0.15) is 0 Å². The molecule has 0 fully saturated rings. The summed E-state index contributed by atoms with van der Waals surface area (Å²) < 4.78 is 1.04. The van der Waals surface area contributed by atoms with Crippen molar-refractivity contribution in [3.8, 4) is 0 Å².